The zero-order valence-electron chi connectivity index (χ0n) is 15.0. The largest absolute Gasteiger partial charge is 0.478 e. The van der Waals surface area contributed by atoms with Crippen LogP contribution < -0.4 is 5.32 Å². The fourth-order valence-electron chi connectivity index (χ4n) is 3.21. The van der Waals surface area contributed by atoms with Crippen LogP contribution in [0.5, 0.6) is 0 Å². The van der Waals surface area contributed by atoms with Crippen LogP contribution in [0.2, 0.25) is 0 Å². The Balaban J connectivity index is 0.000000166. The van der Waals surface area contributed by atoms with Gasteiger partial charge in [-0.15, -0.1) is 0 Å². The van der Waals surface area contributed by atoms with Crippen LogP contribution in [0, 0.1) is 13.8 Å². The third-order valence-corrected chi connectivity index (χ3v) is 4.84. The first-order chi connectivity index (χ1) is 12.9. The lowest BCUT2D eigenvalue weighted by Crippen LogP contribution is -2.03. The molecule has 4 rings (SSSR count). The molecule has 0 saturated carbocycles. The number of halogens is 1. The molecular formula is C21H19BrN2O3. The van der Waals surface area contributed by atoms with Crippen molar-refractivity contribution in [2.45, 2.75) is 20.3 Å². The van der Waals surface area contributed by atoms with Gasteiger partial charge in [0.15, 0.2) is 0 Å². The highest BCUT2D eigenvalue weighted by Gasteiger charge is 2.19. The maximum absolute atomic E-state index is 11.2. The van der Waals surface area contributed by atoms with Gasteiger partial charge in [-0.2, -0.15) is 0 Å². The van der Waals surface area contributed by atoms with E-state index in [9.17, 15) is 14.7 Å². The number of H-pyrrole nitrogens is 1. The summed E-state index contributed by atoms with van der Waals surface area (Å²) in [6.07, 6.45) is 0.509. The van der Waals surface area contributed by atoms with E-state index in [1.165, 1.54) is 0 Å². The van der Waals surface area contributed by atoms with Crippen LogP contribution in [0.4, 0.5) is 5.69 Å². The molecule has 1 aromatic heterocycles. The van der Waals surface area contributed by atoms with Gasteiger partial charge in [-0.25, -0.2) is 4.79 Å². The summed E-state index contributed by atoms with van der Waals surface area (Å²) in [6.45, 7) is 3.67. The number of aromatic amines is 1. The van der Waals surface area contributed by atoms with E-state index in [2.05, 4.69) is 26.2 Å². The molecule has 0 aliphatic carbocycles. The van der Waals surface area contributed by atoms with Gasteiger partial charge in [0, 0.05) is 27.1 Å². The number of benzene rings is 2. The quantitative estimate of drug-likeness (QED) is 0.542. The SMILES string of the molecule is Cc1[nH]c(C)c(-c2ccccc2)c1C(=O)O.O=C1Cc2cc(Br)ccc2N1. The van der Waals surface area contributed by atoms with Crippen LogP contribution in [0.25, 0.3) is 11.1 Å². The van der Waals surface area contributed by atoms with Gasteiger partial charge in [-0.3, -0.25) is 4.79 Å². The van der Waals surface area contributed by atoms with E-state index in [0.29, 0.717) is 17.7 Å². The summed E-state index contributed by atoms with van der Waals surface area (Å²) in [4.78, 5) is 25.2. The van der Waals surface area contributed by atoms with Crippen molar-refractivity contribution in [1.29, 1.82) is 0 Å². The fourth-order valence-corrected chi connectivity index (χ4v) is 3.62. The molecular weight excluding hydrogens is 408 g/mol. The minimum Gasteiger partial charge on any atom is -0.478 e. The third-order valence-electron chi connectivity index (χ3n) is 4.34. The standard InChI is InChI=1S/C13H13NO2.C8H6BrNO/c1-8-11(10-6-4-3-5-7-10)12(13(15)16)9(2)14-8;9-6-1-2-7-5(3-6)4-8(11)10-7/h3-7,14H,1-2H3,(H,15,16);1-3H,4H2,(H,10,11). The average molecular weight is 427 g/mol. The van der Waals surface area contributed by atoms with Crippen molar-refractivity contribution < 1.29 is 14.7 Å². The molecule has 1 aliphatic rings. The maximum Gasteiger partial charge on any atom is 0.338 e. The number of anilines is 1. The van der Waals surface area contributed by atoms with Crippen molar-refractivity contribution in [2.24, 2.45) is 0 Å². The summed E-state index contributed by atoms with van der Waals surface area (Å²) in [7, 11) is 0. The molecule has 3 N–H and O–H groups in total. The van der Waals surface area contributed by atoms with Gasteiger partial charge in [-0.1, -0.05) is 46.3 Å². The number of hydrogen-bond donors (Lipinski definition) is 3. The van der Waals surface area contributed by atoms with E-state index in [1.54, 1.807) is 6.92 Å². The molecule has 138 valence electrons. The molecule has 1 amide bonds. The summed E-state index contributed by atoms with van der Waals surface area (Å²) >= 11 is 3.35. The third kappa shape index (κ3) is 4.11. The van der Waals surface area contributed by atoms with Gasteiger partial charge >= 0.3 is 5.97 Å². The number of fused-ring (bicyclic) bond motifs is 1. The summed E-state index contributed by atoms with van der Waals surface area (Å²) in [6, 6.07) is 15.4. The first-order valence-electron chi connectivity index (χ1n) is 8.43. The van der Waals surface area contributed by atoms with Gasteiger partial charge in [0.25, 0.3) is 0 Å². The van der Waals surface area contributed by atoms with Gasteiger partial charge < -0.3 is 15.4 Å². The molecule has 2 heterocycles. The fraction of sp³-hybridized carbons (Fsp3) is 0.143. The normalized spacial score (nSPS) is 12.0. The van der Waals surface area contributed by atoms with Gasteiger partial charge in [0.1, 0.15) is 0 Å². The minimum absolute atomic E-state index is 0.0816. The lowest BCUT2D eigenvalue weighted by atomic mass is 10.0. The van der Waals surface area contributed by atoms with Crippen molar-refractivity contribution in [3.8, 4) is 11.1 Å². The molecule has 0 saturated heterocycles. The summed E-state index contributed by atoms with van der Waals surface area (Å²) in [5, 5.41) is 12.0. The highest BCUT2D eigenvalue weighted by molar-refractivity contribution is 9.10. The van der Waals surface area contributed by atoms with Crippen LogP contribution in [0.3, 0.4) is 0 Å². The van der Waals surface area contributed by atoms with Crippen molar-refractivity contribution in [3.05, 3.63) is 75.5 Å². The predicted molar refractivity (Wildman–Crippen MR) is 109 cm³/mol. The Morgan fingerprint density at radius 2 is 1.78 bits per heavy atom. The number of carboxylic acids is 1. The van der Waals surface area contributed by atoms with Gasteiger partial charge in [-0.05, 0) is 43.2 Å². The molecule has 3 aromatic rings. The molecule has 6 heteroatoms. The highest BCUT2D eigenvalue weighted by Crippen LogP contribution is 2.29. The highest BCUT2D eigenvalue weighted by atomic mass is 79.9. The molecule has 27 heavy (non-hydrogen) atoms. The van der Waals surface area contributed by atoms with Crippen molar-refractivity contribution in [2.75, 3.05) is 5.32 Å². The number of aryl methyl sites for hydroxylation is 2. The van der Waals surface area contributed by atoms with E-state index >= 15 is 0 Å². The van der Waals surface area contributed by atoms with Crippen molar-refractivity contribution >= 4 is 33.5 Å². The average Bonchev–Trinajstić information content (AvgIpc) is 3.13. The molecule has 1 aliphatic heterocycles. The first kappa shape index (κ1) is 18.9. The number of carbonyl (C=O) groups excluding carboxylic acids is 1. The van der Waals surface area contributed by atoms with Crippen molar-refractivity contribution in [1.82, 2.24) is 4.98 Å². The number of rotatable bonds is 2. The lowest BCUT2D eigenvalue weighted by Gasteiger charge is -2.02. The molecule has 0 bridgehead atoms. The van der Waals surface area contributed by atoms with Crippen LogP contribution in [-0.2, 0) is 11.2 Å². The zero-order chi connectivity index (χ0) is 19.6. The summed E-state index contributed by atoms with van der Waals surface area (Å²) in [5.74, 6) is -0.807. The monoisotopic (exact) mass is 426 g/mol. The Labute approximate surface area is 165 Å². The van der Waals surface area contributed by atoms with Crippen LogP contribution in [-0.4, -0.2) is 22.0 Å². The number of aromatic nitrogens is 1. The molecule has 2 aromatic carbocycles. The number of amides is 1. The molecule has 0 spiro atoms. The Morgan fingerprint density at radius 1 is 1.07 bits per heavy atom. The topological polar surface area (TPSA) is 82.2 Å². The predicted octanol–water partition coefficient (Wildman–Crippen LogP) is 4.94. The minimum atomic E-state index is -0.888. The Bertz CT molecular complexity index is 1010. The van der Waals surface area contributed by atoms with E-state index in [1.807, 2.05) is 55.5 Å². The lowest BCUT2D eigenvalue weighted by molar-refractivity contribution is -0.115. The number of carbonyl (C=O) groups is 2. The van der Waals surface area contributed by atoms with Crippen LogP contribution >= 0.6 is 15.9 Å². The Hall–Kier alpha value is -2.86. The van der Waals surface area contributed by atoms with Crippen LogP contribution in [0.1, 0.15) is 27.3 Å². The second-order valence-electron chi connectivity index (χ2n) is 6.32. The molecule has 0 fully saturated rings. The Kier molecular flexibility index (Phi) is 5.46. The van der Waals surface area contributed by atoms with E-state index in [4.69, 9.17) is 0 Å². The summed E-state index contributed by atoms with van der Waals surface area (Å²) in [5.41, 5.74) is 5.68. The Morgan fingerprint density at radius 3 is 2.44 bits per heavy atom. The zero-order valence-corrected chi connectivity index (χ0v) is 16.6. The molecule has 0 atom stereocenters. The molecule has 5 nitrogen and oxygen atoms in total. The smallest absolute Gasteiger partial charge is 0.338 e. The number of carboxylic acid groups (broad SMARTS) is 1. The first-order valence-corrected chi connectivity index (χ1v) is 9.22. The number of aromatic carboxylic acids is 1. The second kappa shape index (κ2) is 7.80. The van der Waals surface area contributed by atoms with Crippen LogP contribution in [0.15, 0.2) is 53.0 Å². The number of nitrogens with one attached hydrogen (secondary N) is 2. The molecule has 0 radical (unpaired) electrons. The summed E-state index contributed by atoms with van der Waals surface area (Å²) < 4.78 is 1.02. The maximum atomic E-state index is 11.2. The second-order valence-corrected chi connectivity index (χ2v) is 7.24. The number of hydrogen-bond acceptors (Lipinski definition) is 2. The van der Waals surface area contributed by atoms with Crippen molar-refractivity contribution in [3.63, 3.8) is 0 Å². The van der Waals surface area contributed by atoms with Gasteiger partial charge in [0.2, 0.25) is 5.91 Å². The van der Waals surface area contributed by atoms with E-state index in [-0.39, 0.29) is 5.91 Å². The van der Waals surface area contributed by atoms with E-state index < -0.39 is 5.97 Å². The molecule has 0 unspecified atom stereocenters. The van der Waals surface area contributed by atoms with Gasteiger partial charge in [0.05, 0.1) is 12.0 Å². The van der Waals surface area contributed by atoms with E-state index in [0.717, 1.165) is 32.5 Å².